The van der Waals surface area contributed by atoms with Gasteiger partial charge in [-0.3, -0.25) is 0 Å². The van der Waals surface area contributed by atoms with E-state index in [-0.39, 0.29) is 0 Å². The Hall–Kier alpha value is -1.80. The van der Waals surface area contributed by atoms with Gasteiger partial charge >= 0.3 is 0 Å². The van der Waals surface area contributed by atoms with Gasteiger partial charge in [-0.25, -0.2) is 0 Å². The number of quaternary nitrogens is 1. The van der Waals surface area contributed by atoms with Crippen molar-refractivity contribution >= 4 is 0 Å². The van der Waals surface area contributed by atoms with E-state index in [1.807, 2.05) is 0 Å². The standard InChI is InChI=1S/C19H25NO/c1-3-16(2)18-11-7-8-12-19(18)21-14-13-20-15-17-9-5-4-6-10-17/h4-12,16,20H,3,13-15H2,1-2H3/p+1/t16-/m0/s1. The van der Waals surface area contributed by atoms with E-state index in [0.717, 1.165) is 31.9 Å². The van der Waals surface area contributed by atoms with Gasteiger partial charge < -0.3 is 10.1 Å². The summed E-state index contributed by atoms with van der Waals surface area (Å²) in [5, 5.41) is 2.29. The molecule has 0 fully saturated rings. The highest BCUT2D eigenvalue weighted by atomic mass is 16.5. The van der Waals surface area contributed by atoms with Crippen LogP contribution < -0.4 is 10.1 Å². The number of hydrogen-bond donors (Lipinski definition) is 1. The first kappa shape index (κ1) is 15.6. The van der Waals surface area contributed by atoms with Crippen molar-refractivity contribution in [2.45, 2.75) is 32.7 Å². The minimum absolute atomic E-state index is 0.550. The SMILES string of the molecule is CC[C@H](C)c1ccccc1OCC[NH2+]Cc1ccccc1. The number of benzene rings is 2. The Bertz CT molecular complexity index is 524. The molecular formula is C19H26NO+. The fourth-order valence-corrected chi connectivity index (χ4v) is 2.37. The van der Waals surface area contributed by atoms with Crippen LogP contribution in [0.3, 0.4) is 0 Å². The predicted octanol–water partition coefficient (Wildman–Crippen LogP) is 3.34. The summed E-state index contributed by atoms with van der Waals surface area (Å²) < 4.78 is 5.97. The van der Waals surface area contributed by atoms with Crippen LogP contribution in [0.1, 0.15) is 37.3 Å². The molecule has 1 atom stereocenters. The fraction of sp³-hybridized carbons (Fsp3) is 0.368. The second-order valence-electron chi connectivity index (χ2n) is 5.46. The lowest BCUT2D eigenvalue weighted by atomic mass is 9.98. The number of para-hydroxylation sites is 1. The van der Waals surface area contributed by atoms with Crippen LogP contribution in [0, 0.1) is 0 Å². The van der Waals surface area contributed by atoms with Crippen molar-refractivity contribution in [1.82, 2.24) is 0 Å². The molecule has 0 aliphatic carbocycles. The van der Waals surface area contributed by atoms with Gasteiger partial charge in [0.1, 0.15) is 25.4 Å². The lowest BCUT2D eigenvalue weighted by molar-refractivity contribution is -0.671. The Morgan fingerprint density at radius 1 is 1.00 bits per heavy atom. The van der Waals surface area contributed by atoms with Crippen molar-refractivity contribution in [3.8, 4) is 5.75 Å². The van der Waals surface area contributed by atoms with Crippen LogP contribution in [0.4, 0.5) is 0 Å². The quantitative estimate of drug-likeness (QED) is 0.739. The van der Waals surface area contributed by atoms with E-state index in [0.29, 0.717) is 5.92 Å². The average molecular weight is 284 g/mol. The maximum Gasteiger partial charge on any atom is 0.137 e. The topological polar surface area (TPSA) is 25.8 Å². The Morgan fingerprint density at radius 3 is 2.48 bits per heavy atom. The van der Waals surface area contributed by atoms with E-state index >= 15 is 0 Å². The molecule has 0 spiro atoms. The normalized spacial score (nSPS) is 12.1. The highest BCUT2D eigenvalue weighted by molar-refractivity contribution is 5.35. The molecule has 0 aromatic heterocycles. The van der Waals surface area contributed by atoms with E-state index in [2.05, 4.69) is 73.8 Å². The molecule has 112 valence electrons. The minimum Gasteiger partial charge on any atom is -0.487 e. The van der Waals surface area contributed by atoms with Crippen molar-refractivity contribution < 1.29 is 10.1 Å². The largest absolute Gasteiger partial charge is 0.487 e. The highest BCUT2D eigenvalue weighted by Crippen LogP contribution is 2.28. The van der Waals surface area contributed by atoms with Crippen molar-refractivity contribution in [3.63, 3.8) is 0 Å². The first-order valence-electron chi connectivity index (χ1n) is 7.88. The van der Waals surface area contributed by atoms with E-state index in [9.17, 15) is 0 Å². The zero-order valence-electron chi connectivity index (χ0n) is 13.1. The van der Waals surface area contributed by atoms with Crippen molar-refractivity contribution in [2.75, 3.05) is 13.2 Å². The molecule has 2 nitrogen and oxygen atoms in total. The summed E-state index contributed by atoms with van der Waals surface area (Å²) in [4.78, 5) is 0. The number of nitrogens with two attached hydrogens (primary N) is 1. The van der Waals surface area contributed by atoms with Gasteiger partial charge in [-0.1, -0.05) is 62.4 Å². The van der Waals surface area contributed by atoms with Gasteiger partial charge in [0.2, 0.25) is 0 Å². The second-order valence-corrected chi connectivity index (χ2v) is 5.46. The summed E-state index contributed by atoms with van der Waals surface area (Å²) in [5.41, 5.74) is 2.68. The summed E-state index contributed by atoms with van der Waals surface area (Å²) in [5.74, 6) is 1.59. The van der Waals surface area contributed by atoms with Gasteiger partial charge in [-0.05, 0) is 24.0 Å². The summed E-state index contributed by atoms with van der Waals surface area (Å²) in [6.07, 6.45) is 1.14. The van der Waals surface area contributed by atoms with Crippen molar-refractivity contribution in [3.05, 3.63) is 65.7 Å². The van der Waals surface area contributed by atoms with E-state index in [1.165, 1.54) is 11.1 Å². The maximum atomic E-state index is 5.97. The third kappa shape index (κ3) is 4.91. The molecule has 2 rings (SSSR count). The summed E-state index contributed by atoms with van der Waals surface area (Å²) in [6, 6.07) is 19.0. The number of ether oxygens (including phenoxy) is 1. The Morgan fingerprint density at radius 2 is 1.71 bits per heavy atom. The number of hydrogen-bond acceptors (Lipinski definition) is 1. The predicted molar refractivity (Wildman–Crippen MR) is 87.6 cm³/mol. The van der Waals surface area contributed by atoms with Gasteiger partial charge in [-0.2, -0.15) is 0 Å². The van der Waals surface area contributed by atoms with Crippen LogP contribution in [-0.2, 0) is 6.54 Å². The van der Waals surface area contributed by atoms with Crippen LogP contribution in [0.25, 0.3) is 0 Å². The molecule has 2 aromatic rings. The summed E-state index contributed by atoms with van der Waals surface area (Å²) in [7, 11) is 0. The minimum atomic E-state index is 0.550. The van der Waals surface area contributed by atoms with Crippen LogP contribution in [0.5, 0.6) is 5.75 Å². The van der Waals surface area contributed by atoms with Crippen LogP contribution >= 0.6 is 0 Å². The molecule has 0 saturated carbocycles. The lowest BCUT2D eigenvalue weighted by Gasteiger charge is -2.15. The molecule has 21 heavy (non-hydrogen) atoms. The third-order valence-electron chi connectivity index (χ3n) is 3.86. The van der Waals surface area contributed by atoms with E-state index in [1.54, 1.807) is 0 Å². The fourth-order valence-electron chi connectivity index (χ4n) is 2.37. The zero-order valence-corrected chi connectivity index (χ0v) is 13.1. The molecular weight excluding hydrogens is 258 g/mol. The van der Waals surface area contributed by atoms with Crippen molar-refractivity contribution in [1.29, 1.82) is 0 Å². The lowest BCUT2D eigenvalue weighted by Crippen LogP contribution is -2.83. The van der Waals surface area contributed by atoms with Crippen LogP contribution in [0.2, 0.25) is 0 Å². The van der Waals surface area contributed by atoms with Gasteiger partial charge in [0, 0.05) is 5.56 Å². The zero-order chi connectivity index (χ0) is 14.9. The van der Waals surface area contributed by atoms with E-state index < -0.39 is 0 Å². The molecule has 2 aromatic carbocycles. The summed E-state index contributed by atoms with van der Waals surface area (Å²) in [6.45, 7) is 7.21. The Kier molecular flexibility index (Phi) is 6.29. The molecule has 0 bridgehead atoms. The van der Waals surface area contributed by atoms with Crippen LogP contribution in [-0.4, -0.2) is 13.2 Å². The van der Waals surface area contributed by atoms with Gasteiger partial charge in [0.15, 0.2) is 0 Å². The highest BCUT2D eigenvalue weighted by Gasteiger charge is 2.09. The third-order valence-corrected chi connectivity index (χ3v) is 3.86. The molecule has 0 heterocycles. The first-order valence-corrected chi connectivity index (χ1v) is 7.88. The molecule has 0 aliphatic rings. The monoisotopic (exact) mass is 284 g/mol. The average Bonchev–Trinajstić information content (AvgIpc) is 2.55. The second kappa shape index (κ2) is 8.48. The molecule has 0 unspecified atom stereocenters. The Balaban J connectivity index is 1.76. The molecule has 2 N–H and O–H groups in total. The van der Waals surface area contributed by atoms with Crippen molar-refractivity contribution in [2.24, 2.45) is 0 Å². The van der Waals surface area contributed by atoms with Gasteiger partial charge in [0.25, 0.3) is 0 Å². The number of rotatable bonds is 8. The first-order chi connectivity index (χ1) is 10.3. The Labute approximate surface area is 128 Å². The van der Waals surface area contributed by atoms with Gasteiger partial charge in [-0.15, -0.1) is 0 Å². The van der Waals surface area contributed by atoms with E-state index in [4.69, 9.17) is 4.74 Å². The molecule has 0 saturated heterocycles. The molecule has 0 amide bonds. The van der Waals surface area contributed by atoms with Crippen LogP contribution in [0.15, 0.2) is 54.6 Å². The smallest absolute Gasteiger partial charge is 0.137 e. The molecule has 2 heteroatoms. The summed E-state index contributed by atoms with van der Waals surface area (Å²) >= 11 is 0. The molecule has 0 aliphatic heterocycles. The van der Waals surface area contributed by atoms with Gasteiger partial charge in [0.05, 0.1) is 0 Å². The molecule has 0 radical (unpaired) electrons. The maximum absolute atomic E-state index is 5.97.